The molecule has 0 N–H and O–H groups in total. The summed E-state index contributed by atoms with van der Waals surface area (Å²) in [7, 11) is 0. The number of fused-ring (bicyclic) bond motifs is 2. The Labute approximate surface area is 155 Å². The van der Waals surface area contributed by atoms with Crippen LogP contribution < -0.4 is 0 Å². The lowest BCUT2D eigenvalue weighted by Crippen LogP contribution is -2.48. The highest BCUT2D eigenvalue weighted by Gasteiger charge is 2.52. The number of piperidine rings is 1. The number of carbonyl (C=O) groups is 2. The molecule has 1 saturated heterocycles. The second kappa shape index (κ2) is 7.14. The lowest BCUT2D eigenvalue weighted by molar-refractivity contribution is -0.139. The van der Waals surface area contributed by atoms with Gasteiger partial charge in [0.15, 0.2) is 0 Å². The fourth-order valence-corrected chi connectivity index (χ4v) is 3.81. The van der Waals surface area contributed by atoms with Crippen molar-refractivity contribution in [2.45, 2.75) is 57.8 Å². The van der Waals surface area contributed by atoms with E-state index in [4.69, 9.17) is 9.47 Å². The van der Waals surface area contributed by atoms with Crippen LogP contribution in [0.2, 0.25) is 0 Å². The van der Waals surface area contributed by atoms with Gasteiger partial charge in [0.2, 0.25) is 0 Å². The van der Waals surface area contributed by atoms with Crippen LogP contribution in [0, 0.1) is 5.92 Å². The molecule has 0 aromatic heterocycles. The molecule has 1 aliphatic carbocycles. The number of rotatable bonds is 4. The first-order valence-corrected chi connectivity index (χ1v) is 9.18. The summed E-state index contributed by atoms with van der Waals surface area (Å²) in [5.74, 6) is 0.0928. The second-order valence-corrected chi connectivity index (χ2v) is 8.23. The molecule has 140 valence electrons. The van der Waals surface area contributed by atoms with Gasteiger partial charge in [0.1, 0.15) is 12.2 Å². The van der Waals surface area contributed by atoms with Crippen LogP contribution in [-0.2, 0) is 20.9 Å². The highest BCUT2D eigenvalue weighted by atomic mass is 16.6. The Kier molecular flexibility index (Phi) is 5.08. The summed E-state index contributed by atoms with van der Waals surface area (Å²) >= 11 is 0. The Hall–Kier alpha value is -2.30. The topological polar surface area (TPSA) is 55.8 Å². The maximum absolute atomic E-state index is 12.6. The Balaban J connectivity index is 1.63. The van der Waals surface area contributed by atoms with Crippen LogP contribution in [0.15, 0.2) is 42.5 Å². The lowest BCUT2D eigenvalue weighted by Gasteiger charge is -2.37. The number of hydrogen-bond donors (Lipinski definition) is 0. The number of carbonyl (C=O) groups excluding carboxylic acids is 2. The first-order chi connectivity index (χ1) is 12.3. The van der Waals surface area contributed by atoms with E-state index in [0.717, 1.165) is 24.8 Å². The molecule has 1 aromatic carbocycles. The van der Waals surface area contributed by atoms with E-state index in [1.165, 1.54) is 6.08 Å². The third-order valence-corrected chi connectivity index (χ3v) is 4.97. The molecule has 1 aromatic rings. The van der Waals surface area contributed by atoms with Crippen molar-refractivity contribution in [3.05, 3.63) is 48.0 Å². The minimum absolute atomic E-state index is 0.245. The van der Waals surface area contributed by atoms with E-state index in [1.54, 1.807) is 4.90 Å². The van der Waals surface area contributed by atoms with Crippen LogP contribution in [0.1, 0.15) is 45.6 Å². The van der Waals surface area contributed by atoms with Gasteiger partial charge in [-0.15, -0.1) is 0 Å². The quantitative estimate of drug-likeness (QED) is 0.602. The van der Waals surface area contributed by atoms with E-state index in [-0.39, 0.29) is 18.7 Å². The average Bonchev–Trinajstić information content (AvgIpc) is 3.16. The maximum Gasteiger partial charge on any atom is 0.411 e. The lowest BCUT2D eigenvalue weighted by atomic mass is 9.96. The minimum atomic E-state index is -0.529. The predicted molar refractivity (Wildman–Crippen MR) is 98.4 cm³/mol. The van der Waals surface area contributed by atoms with Crippen molar-refractivity contribution in [1.82, 2.24) is 4.90 Å². The van der Waals surface area contributed by atoms with E-state index in [0.29, 0.717) is 12.5 Å². The molecule has 5 heteroatoms. The molecule has 1 heterocycles. The Bertz CT molecular complexity index is 692. The summed E-state index contributed by atoms with van der Waals surface area (Å²) in [4.78, 5) is 26.5. The summed E-state index contributed by atoms with van der Waals surface area (Å²) in [5.41, 5.74) is 0.00148. The second-order valence-electron chi connectivity index (χ2n) is 8.23. The van der Waals surface area contributed by atoms with Gasteiger partial charge in [0, 0.05) is 12.6 Å². The van der Waals surface area contributed by atoms with Crippen LogP contribution in [0.5, 0.6) is 0 Å². The molecule has 5 nitrogen and oxygen atoms in total. The first kappa shape index (κ1) is 18.5. The van der Waals surface area contributed by atoms with Gasteiger partial charge in [-0.25, -0.2) is 9.59 Å². The number of hydrogen-bond acceptors (Lipinski definition) is 4. The van der Waals surface area contributed by atoms with Gasteiger partial charge in [0.05, 0.1) is 5.54 Å². The monoisotopic (exact) mass is 357 g/mol. The molecule has 1 amide bonds. The molecule has 2 atom stereocenters. The summed E-state index contributed by atoms with van der Waals surface area (Å²) < 4.78 is 10.9. The van der Waals surface area contributed by atoms with Gasteiger partial charge in [-0.2, -0.15) is 0 Å². The average molecular weight is 357 g/mol. The van der Waals surface area contributed by atoms with Crippen molar-refractivity contribution in [2.75, 3.05) is 6.54 Å². The van der Waals surface area contributed by atoms with Crippen molar-refractivity contribution in [1.29, 1.82) is 0 Å². The zero-order chi connectivity index (χ0) is 18.8. The number of esters is 1. The van der Waals surface area contributed by atoms with Gasteiger partial charge in [-0.05, 0) is 51.5 Å². The fraction of sp³-hybridized carbons (Fsp3) is 0.524. The number of amides is 1. The summed E-state index contributed by atoms with van der Waals surface area (Å²) in [6, 6.07) is 9.57. The van der Waals surface area contributed by atoms with Crippen LogP contribution >= 0.6 is 0 Å². The van der Waals surface area contributed by atoms with Crippen LogP contribution in [0.25, 0.3) is 0 Å². The normalized spacial score (nSPS) is 24.9. The molecule has 3 rings (SSSR count). The van der Waals surface area contributed by atoms with Gasteiger partial charge < -0.3 is 9.47 Å². The van der Waals surface area contributed by atoms with Gasteiger partial charge in [0.25, 0.3) is 0 Å². The van der Waals surface area contributed by atoms with Crippen molar-refractivity contribution < 1.29 is 19.1 Å². The van der Waals surface area contributed by atoms with Crippen molar-refractivity contribution in [3.63, 3.8) is 0 Å². The standard InChI is InChI=1S/C21H27NO4/c1-20(2,3)26-19(24)22-14-17-9-11-21(22,13-17)12-10-18(23)25-15-16-7-5-4-6-8-16/h4-8,10,12,17H,9,11,13-15H2,1-3H3. The zero-order valence-corrected chi connectivity index (χ0v) is 15.7. The maximum atomic E-state index is 12.6. The van der Waals surface area contributed by atoms with Gasteiger partial charge in [-0.3, -0.25) is 4.90 Å². The Morgan fingerprint density at radius 3 is 2.65 bits per heavy atom. The SMILES string of the molecule is CC(C)(C)OC(=O)N1CC2CCC1(C=CC(=O)OCc1ccccc1)C2. The Morgan fingerprint density at radius 2 is 2.00 bits per heavy atom. The highest BCUT2D eigenvalue weighted by molar-refractivity contribution is 5.82. The number of nitrogens with zero attached hydrogens (tertiary/aromatic N) is 1. The van der Waals surface area contributed by atoms with Gasteiger partial charge >= 0.3 is 12.1 Å². The highest BCUT2D eigenvalue weighted by Crippen LogP contribution is 2.47. The van der Waals surface area contributed by atoms with Gasteiger partial charge in [-0.1, -0.05) is 36.4 Å². The predicted octanol–water partition coefficient (Wildman–Crippen LogP) is 4.08. The third-order valence-electron chi connectivity index (χ3n) is 4.97. The minimum Gasteiger partial charge on any atom is -0.458 e. The number of likely N-dealkylation sites (tertiary alicyclic amines) is 1. The van der Waals surface area contributed by atoms with Crippen molar-refractivity contribution >= 4 is 12.1 Å². The molecule has 2 bridgehead atoms. The molecule has 0 spiro atoms. The van der Waals surface area contributed by atoms with E-state index in [2.05, 4.69) is 0 Å². The van der Waals surface area contributed by atoms with Crippen molar-refractivity contribution in [2.24, 2.45) is 5.92 Å². The van der Waals surface area contributed by atoms with E-state index in [9.17, 15) is 9.59 Å². The molecule has 2 fully saturated rings. The van der Waals surface area contributed by atoms with E-state index in [1.807, 2.05) is 57.2 Å². The molecular weight excluding hydrogens is 330 g/mol. The Morgan fingerprint density at radius 1 is 1.27 bits per heavy atom. The van der Waals surface area contributed by atoms with E-state index >= 15 is 0 Å². The molecule has 26 heavy (non-hydrogen) atoms. The van der Waals surface area contributed by atoms with E-state index < -0.39 is 11.1 Å². The molecule has 1 aliphatic heterocycles. The molecule has 0 radical (unpaired) electrons. The fourth-order valence-electron chi connectivity index (χ4n) is 3.81. The van der Waals surface area contributed by atoms with Crippen LogP contribution in [-0.4, -0.2) is 34.6 Å². The smallest absolute Gasteiger partial charge is 0.411 e. The molecular formula is C21H27NO4. The first-order valence-electron chi connectivity index (χ1n) is 9.18. The molecule has 1 saturated carbocycles. The third kappa shape index (κ3) is 4.26. The molecule has 2 aliphatic rings. The largest absolute Gasteiger partial charge is 0.458 e. The zero-order valence-electron chi connectivity index (χ0n) is 15.7. The summed E-state index contributed by atoms with van der Waals surface area (Å²) in [6.45, 7) is 6.53. The van der Waals surface area contributed by atoms with Crippen LogP contribution in [0.4, 0.5) is 4.79 Å². The number of ether oxygens (including phenoxy) is 2. The summed E-state index contributed by atoms with van der Waals surface area (Å²) in [6.07, 6.45) is 5.82. The molecule has 2 unspecified atom stereocenters. The van der Waals surface area contributed by atoms with Crippen LogP contribution in [0.3, 0.4) is 0 Å². The number of benzene rings is 1. The summed E-state index contributed by atoms with van der Waals surface area (Å²) in [5, 5.41) is 0. The van der Waals surface area contributed by atoms with Crippen molar-refractivity contribution in [3.8, 4) is 0 Å².